The summed E-state index contributed by atoms with van der Waals surface area (Å²) in [6.07, 6.45) is 11.7. The lowest BCUT2D eigenvalue weighted by atomic mass is 10.0. The van der Waals surface area contributed by atoms with Crippen LogP contribution in [0.25, 0.3) is 0 Å². The third-order valence-electron chi connectivity index (χ3n) is 4.16. The van der Waals surface area contributed by atoms with Crippen LogP contribution in [0.4, 0.5) is 0 Å². The van der Waals surface area contributed by atoms with Gasteiger partial charge in [0.15, 0.2) is 0 Å². The first-order valence-corrected chi connectivity index (χ1v) is 12.0. The van der Waals surface area contributed by atoms with Crippen molar-refractivity contribution in [3.63, 3.8) is 0 Å². The molecule has 0 aromatic carbocycles. The highest BCUT2D eigenvalue weighted by Gasteiger charge is 2.23. The molecule has 0 rings (SSSR count). The van der Waals surface area contributed by atoms with E-state index in [1.54, 1.807) is 0 Å². The molecule has 9 heteroatoms. The van der Waals surface area contributed by atoms with E-state index in [1.807, 2.05) is 0 Å². The molecule has 0 heterocycles. The fraction of sp³-hybridized carbons (Fsp3) is 0.895. The van der Waals surface area contributed by atoms with Gasteiger partial charge in [0.1, 0.15) is 6.10 Å². The second kappa shape index (κ2) is 18.1. The minimum absolute atomic E-state index is 0.343. The van der Waals surface area contributed by atoms with E-state index in [2.05, 4.69) is 19.6 Å². The van der Waals surface area contributed by atoms with Gasteiger partial charge in [-0.3, -0.25) is 14.2 Å². The Bertz CT molecular complexity index is 452. The summed E-state index contributed by atoms with van der Waals surface area (Å²) in [5.74, 6) is -0.935. The number of carbonyl (C=O) groups excluding carboxylic acids is 1. The van der Waals surface area contributed by atoms with Gasteiger partial charge < -0.3 is 25.7 Å². The molecule has 0 aliphatic carbocycles. The van der Waals surface area contributed by atoms with Gasteiger partial charge in [0.25, 0.3) is 0 Å². The van der Waals surface area contributed by atoms with Crippen LogP contribution in [0.2, 0.25) is 0 Å². The van der Waals surface area contributed by atoms with Crippen LogP contribution >= 0.6 is 7.60 Å². The molecule has 1 amide bonds. The van der Waals surface area contributed by atoms with Gasteiger partial charge in [-0.2, -0.15) is 0 Å². The first-order valence-electron chi connectivity index (χ1n) is 10.2. The fourth-order valence-corrected chi connectivity index (χ4v) is 3.19. The average Bonchev–Trinajstić information content (AvgIpc) is 2.54. The zero-order chi connectivity index (χ0) is 22.0. The van der Waals surface area contributed by atoms with Crippen molar-refractivity contribution in [1.29, 1.82) is 0 Å². The second-order valence-corrected chi connectivity index (χ2v) is 9.32. The summed E-state index contributed by atoms with van der Waals surface area (Å²) in [7, 11) is -4.33. The maximum Gasteiger partial charge on any atom is 0.328 e. The van der Waals surface area contributed by atoms with Gasteiger partial charge in [0.2, 0.25) is 5.91 Å². The molecule has 0 radical (unpaired) electrons. The number of nitrogens with two attached hydrogens (primary N) is 1. The summed E-state index contributed by atoms with van der Waals surface area (Å²) in [5, 5.41) is 17.0. The van der Waals surface area contributed by atoms with Crippen molar-refractivity contribution in [2.45, 2.75) is 97.0 Å². The first kappa shape index (κ1) is 29.3. The van der Waals surface area contributed by atoms with Crippen molar-refractivity contribution in [2.75, 3.05) is 6.16 Å². The van der Waals surface area contributed by atoms with E-state index in [-0.39, 0.29) is 0 Å². The van der Waals surface area contributed by atoms with E-state index in [1.165, 1.54) is 57.8 Å². The lowest BCUT2D eigenvalue weighted by Crippen LogP contribution is -2.31. The predicted molar refractivity (Wildman–Crippen MR) is 110 cm³/mol. The van der Waals surface area contributed by atoms with Crippen molar-refractivity contribution in [2.24, 2.45) is 11.7 Å². The quantitative estimate of drug-likeness (QED) is 0.187. The third kappa shape index (κ3) is 27.3. The van der Waals surface area contributed by atoms with Crippen LogP contribution < -0.4 is 5.73 Å². The number of carbonyl (C=O) groups is 2. The standard InChI is InChI=1S/C16H32O2.C3H8NO5P/c1-15(2)13-11-9-7-5-3-4-6-8-10-12-14-16(17)18;4-3(6)2(5)1-10(7,8)9/h15H,3-14H2,1-2H3,(H,17,18);2,5H,1H2,(H2,4,6)(H2,7,8,9). The third-order valence-corrected chi connectivity index (χ3v) is 4.98. The second-order valence-electron chi connectivity index (χ2n) is 7.63. The lowest BCUT2D eigenvalue weighted by molar-refractivity contribution is -0.137. The van der Waals surface area contributed by atoms with Crippen LogP contribution in [-0.2, 0) is 14.2 Å². The SMILES string of the molecule is CC(C)CCCCCCCCCCCCC(=O)O.NC(=O)C(O)CP(=O)(O)O. The zero-order valence-corrected chi connectivity index (χ0v) is 18.3. The molecule has 0 aliphatic rings. The van der Waals surface area contributed by atoms with E-state index in [4.69, 9.17) is 20.0 Å². The van der Waals surface area contributed by atoms with Crippen LogP contribution in [0.1, 0.15) is 90.9 Å². The van der Waals surface area contributed by atoms with Crippen LogP contribution in [-0.4, -0.2) is 44.1 Å². The summed E-state index contributed by atoms with van der Waals surface area (Å²) in [5.41, 5.74) is 4.51. The monoisotopic (exact) mass is 425 g/mol. The van der Waals surface area contributed by atoms with Crippen molar-refractivity contribution < 1.29 is 34.2 Å². The van der Waals surface area contributed by atoms with Crippen LogP contribution in [0, 0.1) is 5.92 Å². The number of carboxylic acids is 1. The first-order chi connectivity index (χ1) is 13.0. The molecular weight excluding hydrogens is 385 g/mol. The molecule has 168 valence electrons. The number of primary amides is 1. The molecular formula is C19H40NO7P. The van der Waals surface area contributed by atoms with Gasteiger partial charge in [0, 0.05) is 6.42 Å². The number of hydrogen-bond acceptors (Lipinski definition) is 4. The number of aliphatic hydroxyl groups is 1. The molecule has 1 unspecified atom stereocenters. The van der Waals surface area contributed by atoms with Crippen LogP contribution in [0.5, 0.6) is 0 Å². The predicted octanol–water partition coefficient (Wildman–Crippen LogP) is 3.42. The van der Waals surface area contributed by atoms with Crippen molar-refractivity contribution in [3.8, 4) is 0 Å². The average molecular weight is 426 g/mol. The van der Waals surface area contributed by atoms with E-state index in [0.717, 1.165) is 18.8 Å². The summed E-state index contributed by atoms with van der Waals surface area (Å²) in [6, 6.07) is 0. The highest BCUT2D eigenvalue weighted by molar-refractivity contribution is 7.51. The Labute approximate surface area is 169 Å². The van der Waals surface area contributed by atoms with Gasteiger partial charge in [-0.1, -0.05) is 78.1 Å². The van der Waals surface area contributed by atoms with Crippen LogP contribution in [0.15, 0.2) is 0 Å². The molecule has 1 atom stereocenters. The Balaban J connectivity index is 0. The van der Waals surface area contributed by atoms with E-state index < -0.39 is 31.7 Å². The van der Waals surface area contributed by atoms with Crippen LogP contribution in [0.3, 0.4) is 0 Å². The Kier molecular flexibility index (Phi) is 18.9. The van der Waals surface area contributed by atoms with Crippen molar-refractivity contribution in [1.82, 2.24) is 0 Å². The highest BCUT2D eigenvalue weighted by Crippen LogP contribution is 2.34. The Hall–Kier alpha value is -0.950. The van der Waals surface area contributed by atoms with Crippen molar-refractivity contribution >= 4 is 19.5 Å². The molecule has 28 heavy (non-hydrogen) atoms. The van der Waals surface area contributed by atoms with E-state index in [9.17, 15) is 14.2 Å². The van der Waals surface area contributed by atoms with Gasteiger partial charge in [-0.15, -0.1) is 0 Å². The maximum absolute atomic E-state index is 10.3. The molecule has 0 saturated carbocycles. The normalized spacial score (nSPS) is 12.4. The number of hydrogen-bond donors (Lipinski definition) is 5. The van der Waals surface area contributed by atoms with Gasteiger partial charge >= 0.3 is 13.6 Å². The molecule has 8 nitrogen and oxygen atoms in total. The Morgan fingerprint density at radius 3 is 1.54 bits per heavy atom. The Morgan fingerprint density at radius 1 is 0.857 bits per heavy atom. The zero-order valence-electron chi connectivity index (χ0n) is 17.4. The molecule has 0 bridgehead atoms. The largest absolute Gasteiger partial charge is 0.481 e. The molecule has 0 aromatic rings. The number of aliphatic hydroxyl groups excluding tert-OH is 1. The number of aliphatic carboxylic acids is 1. The molecule has 0 aromatic heterocycles. The maximum atomic E-state index is 10.3. The molecule has 0 aliphatic heterocycles. The Morgan fingerprint density at radius 2 is 1.25 bits per heavy atom. The summed E-state index contributed by atoms with van der Waals surface area (Å²) < 4.78 is 10.1. The van der Waals surface area contributed by atoms with E-state index >= 15 is 0 Å². The molecule has 0 fully saturated rings. The summed E-state index contributed by atoms with van der Waals surface area (Å²) in [4.78, 5) is 36.7. The van der Waals surface area contributed by atoms with Gasteiger partial charge in [0.05, 0.1) is 6.16 Å². The molecule has 6 N–H and O–H groups in total. The van der Waals surface area contributed by atoms with Gasteiger partial charge in [-0.25, -0.2) is 0 Å². The topological polar surface area (TPSA) is 158 Å². The fourth-order valence-electron chi connectivity index (χ4n) is 2.56. The van der Waals surface area contributed by atoms with E-state index in [0.29, 0.717) is 6.42 Å². The van der Waals surface area contributed by atoms with Gasteiger partial charge in [-0.05, 0) is 12.3 Å². The highest BCUT2D eigenvalue weighted by atomic mass is 31.2. The number of rotatable bonds is 16. The lowest BCUT2D eigenvalue weighted by Gasteiger charge is -2.06. The minimum atomic E-state index is -4.33. The number of amides is 1. The smallest absolute Gasteiger partial charge is 0.328 e. The number of unbranched alkanes of at least 4 members (excludes halogenated alkanes) is 9. The van der Waals surface area contributed by atoms with Crippen molar-refractivity contribution in [3.05, 3.63) is 0 Å². The summed E-state index contributed by atoms with van der Waals surface area (Å²) in [6.45, 7) is 4.59. The molecule has 0 saturated heterocycles. The minimum Gasteiger partial charge on any atom is -0.481 e. The number of carboxylic acid groups (broad SMARTS) is 1. The molecule has 0 spiro atoms. The summed E-state index contributed by atoms with van der Waals surface area (Å²) >= 11 is 0.